The van der Waals surface area contributed by atoms with Crippen LogP contribution in [-0.4, -0.2) is 30.1 Å². The van der Waals surface area contributed by atoms with Crippen molar-refractivity contribution in [2.24, 2.45) is 0 Å². The first-order valence-electron chi connectivity index (χ1n) is 14.8. The summed E-state index contributed by atoms with van der Waals surface area (Å²) in [4.78, 5) is 41.1. The molecule has 1 aliphatic heterocycles. The van der Waals surface area contributed by atoms with E-state index in [1.165, 1.54) is 7.11 Å². The molecule has 2 aliphatic carbocycles. The number of fused-ring (bicyclic) bond motifs is 5. The van der Waals surface area contributed by atoms with Gasteiger partial charge in [-0.3, -0.25) is 14.4 Å². The Kier molecular flexibility index (Phi) is 5.03. The molecule has 7 nitrogen and oxygen atoms in total. The number of anilines is 2. The zero-order valence-electron chi connectivity index (χ0n) is 24.4. The molecule has 5 aromatic rings. The van der Waals surface area contributed by atoms with Crippen LogP contribution in [0.5, 0.6) is 11.5 Å². The topological polar surface area (TPSA) is 105 Å². The molecule has 0 bridgehead atoms. The smallest absolute Gasteiger partial charge is 0.190 e. The zero-order valence-corrected chi connectivity index (χ0v) is 24.4. The number of phenols is 1. The lowest BCUT2D eigenvalue weighted by Gasteiger charge is -2.41. The Hall–Kier alpha value is -4.39. The van der Waals surface area contributed by atoms with Gasteiger partial charge in [0.05, 0.1) is 35.2 Å². The minimum Gasteiger partial charge on any atom is -0.504 e. The molecule has 0 spiro atoms. The van der Waals surface area contributed by atoms with E-state index in [9.17, 15) is 19.5 Å². The van der Waals surface area contributed by atoms with Crippen molar-refractivity contribution >= 4 is 66.3 Å². The normalized spacial score (nSPS) is 21.3. The van der Waals surface area contributed by atoms with Crippen LogP contribution in [0, 0.1) is 13.8 Å². The van der Waals surface area contributed by atoms with Crippen molar-refractivity contribution in [2.75, 3.05) is 17.7 Å². The zero-order chi connectivity index (χ0) is 29.4. The molecule has 0 radical (unpaired) electrons. The number of ketones is 1. The van der Waals surface area contributed by atoms with Crippen LogP contribution >= 0.6 is 0 Å². The van der Waals surface area contributed by atoms with Crippen molar-refractivity contribution in [1.82, 2.24) is 0 Å². The molecule has 3 aliphatic rings. The van der Waals surface area contributed by atoms with E-state index in [1.54, 1.807) is 19.1 Å². The van der Waals surface area contributed by atoms with Gasteiger partial charge in [0.25, 0.3) is 0 Å². The van der Waals surface area contributed by atoms with E-state index in [0.29, 0.717) is 21.7 Å². The molecular formula is C35H32N2O5. The van der Waals surface area contributed by atoms with Gasteiger partial charge in [-0.2, -0.15) is 0 Å². The van der Waals surface area contributed by atoms with Gasteiger partial charge in [-0.1, -0.05) is 24.5 Å². The highest BCUT2D eigenvalue weighted by Gasteiger charge is 2.39. The standard InChI is InChI=1S/C35H32N2O5/c1-13-10-17-25-28-23(14(2)11-20(39)26(28)33-32(17)36-18-8-6-7-9-19(18)37-33)24-15(3)12-21(40)27-29(24)30(25)31(22(13)16(4)38)35(42-5)34(27)41/h10-12,18-19,22,36-37,41H,6-9H2,1-5H3. The Morgan fingerprint density at radius 2 is 1.38 bits per heavy atom. The maximum atomic E-state index is 14.0. The number of rotatable bonds is 2. The Balaban J connectivity index is 1.77. The van der Waals surface area contributed by atoms with Crippen LogP contribution in [0.2, 0.25) is 0 Å². The average Bonchev–Trinajstić information content (AvgIpc) is 3.07. The minimum absolute atomic E-state index is 0.0630. The number of ether oxygens (including phenoxy) is 1. The molecule has 8 rings (SSSR count). The van der Waals surface area contributed by atoms with Gasteiger partial charge in [0.1, 0.15) is 5.78 Å². The molecule has 42 heavy (non-hydrogen) atoms. The third kappa shape index (κ3) is 2.93. The maximum Gasteiger partial charge on any atom is 0.190 e. The second-order valence-corrected chi connectivity index (χ2v) is 12.6. The van der Waals surface area contributed by atoms with E-state index in [-0.39, 0.29) is 45.6 Å². The Morgan fingerprint density at radius 3 is 1.98 bits per heavy atom. The van der Waals surface area contributed by atoms with Gasteiger partial charge in [-0.25, -0.2) is 0 Å². The summed E-state index contributed by atoms with van der Waals surface area (Å²) in [6.45, 7) is 7.33. The largest absolute Gasteiger partial charge is 0.504 e. The molecule has 3 atom stereocenters. The number of phenolic OH excluding ortho intramolecular Hbond substituents is 1. The van der Waals surface area contributed by atoms with Gasteiger partial charge in [-0.15, -0.1) is 0 Å². The third-order valence-electron chi connectivity index (χ3n) is 10.1. The molecule has 1 saturated carbocycles. The number of benzene rings is 5. The minimum atomic E-state index is -0.705. The van der Waals surface area contributed by atoms with Crippen LogP contribution in [0.15, 0.2) is 27.3 Å². The summed E-state index contributed by atoms with van der Waals surface area (Å²) in [6, 6.07) is 3.68. The number of nitrogens with one attached hydrogen (secondary N) is 2. The van der Waals surface area contributed by atoms with Gasteiger partial charge < -0.3 is 20.5 Å². The molecule has 1 fully saturated rings. The molecule has 3 unspecified atom stereocenters. The fourth-order valence-corrected chi connectivity index (χ4v) is 8.56. The van der Waals surface area contributed by atoms with Crippen molar-refractivity contribution < 1.29 is 14.6 Å². The summed E-state index contributed by atoms with van der Waals surface area (Å²) in [5.41, 5.74) is 5.14. The van der Waals surface area contributed by atoms with E-state index < -0.39 is 5.92 Å². The first kappa shape index (κ1) is 25.3. The monoisotopic (exact) mass is 560 g/mol. The lowest BCUT2D eigenvalue weighted by Crippen LogP contribution is -2.45. The number of hydrogen-bond acceptors (Lipinski definition) is 7. The van der Waals surface area contributed by atoms with E-state index in [2.05, 4.69) is 16.7 Å². The third-order valence-corrected chi connectivity index (χ3v) is 10.1. The summed E-state index contributed by atoms with van der Waals surface area (Å²) >= 11 is 0. The summed E-state index contributed by atoms with van der Waals surface area (Å²) in [5, 5.41) is 24.8. The van der Waals surface area contributed by atoms with E-state index >= 15 is 0 Å². The van der Waals surface area contributed by atoms with Crippen LogP contribution in [0.3, 0.4) is 0 Å². The quantitative estimate of drug-likeness (QED) is 0.168. The van der Waals surface area contributed by atoms with Crippen LogP contribution in [0.4, 0.5) is 11.4 Å². The number of hydrogen-bond donors (Lipinski definition) is 3. The van der Waals surface area contributed by atoms with Crippen molar-refractivity contribution in [3.8, 4) is 11.5 Å². The SMILES string of the molecule is COc1c(O)c2c(=O)cc(C)c3c4c(C)cc(=O)c5c6c(c7c(c(c1C(C(C)=O)C(C)=C7)c23)c54)NC1CCCCC1N6. The average molecular weight is 561 g/mol. The van der Waals surface area contributed by atoms with Gasteiger partial charge >= 0.3 is 0 Å². The molecule has 0 amide bonds. The van der Waals surface area contributed by atoms with Gasteiger partial charge in [0.2, 0.25) is 0 Å². The summed E-state index contributed by atoms with van der Waals surface area (Å²) in [5.74, 6) is -0.915. The maximum absolute atomic E-state index is 14.0. The van der Waals surface area contributed by atoms with Crippen LogP contribution < -0.4 is 26.2 Å². The van der Waals surface area contributed by atoms with Gasteiger partial charge in [0, 0.05) is 39.4 Å². The number of allylic oxidation sites excluding steroid dienone is 1. The molecule has 212 valence electrons. The molecule has 0 saturated heterocycles. The summed E-state index contributed by atoms with van der Waals surface area (Å²) in [7, 11) is 1.46. The van der Waals surface area contributed by atoms with Crippen molar-refractivity contribution in [1.29, 1.82) is 0 Å². The molecule has 0 aromatic heterocycles. The Morgan fingerprint density at radius 1 is 0.810 bits per heavy atom. The number of aromatic hydroxyl groups is 1. The first-order chi connectivity index (χ1) is 20.1. The van der Waals surface area contributed by atoms with Gasteiger partial charge in [-0.05, 0) is 80.0 Å². The predicted molar refractivity (Wildman–Crippen MR) is 169 cm³/mol. The second-order valence-electron chi connectivity index (χ2n) is 12.6. The van der Waals surface area contributed by atoms with Crippen LogP contribution in [-0.2, 0) is 4.79 Å². The molecule has 5 aromatic carbocycles. The highest BCUT2D eigenvalue weighted by Crippen LogP contribution is 2.57. The van der Waals surface area contributed by atoms with E-state index in [0.717, 1.165) is 80.9 Å². The highest BCUT2D eigenvalue weighted by molar-refractivity contribution is 6.40. The number of methoxy groups -OCH3 is 1. The fourth-order valence-electron chi connectivity index (χ4n) is 8.56. The lowest BCUT2D eigenvalue weighted by molar-refractivity contribution is -0.117. The van der Waals surface area contributed by atoms with Crippen molar-refractivity contribution in [3.63, 3.8) is 0 Å². The summed E-state index contributed by atoms with van der Waals surface area (Å²) < 4.78 is 5.84. The number of carbonyl (C=O) groups excluding carboxylic acids is 1. The lowest BCUT2D eigenvalue weighted by atomic mass is 9.79. The fraction of sp³-hybridized carbons (Fsp3) is 0.343. The number of Topliss-reactive ketones (excluding diaryl/α,β-unsaturated/α-hetero) is 1. The molecule has 1 heterocycles. The van der Waals surface area contributed by atoms with E-state index in [1.807, 2.05) is 20.8 Å². The van der Waals surface area contributed by atoms with E-state index in [4.69, 9.17) is 4.74 Å². The van der Waals surface area contributed by atoms with Gasteiger partial charge in [0.15, 0.2) is 22.4 Å². The Labute approximate surface area is 241 Å². The highest BCUT2D eigenvalue weighted by atomic mass is 16.5. The van der Waals surface area contributed by atoms with Crippen molar-refractivity contribution in [2.45, 2.75) is 71.4 Å². The van der Waals surface area contributed by atoms with Crippen molar-refractivity contribution in [3.05, 3.63) is 60.4 Å². The van der Waals surface area contributed by atoms with Crippen LogP contribution in [0.1, 0.15) is 67.7 Å². The van der Waals surface area contributed by atoms with Crippen LogP contribution in [0.25, 0.3) is 49.2 Å². The molecule has 3 N–H and O–H groups in total. The summed E-state index contributed by atoms with van der Waals surface area (Å²) in [6.07, 6.45) is 6.39. The molecular weight excluding hydrogens is 528 g/mol. The molecule has 7 heteroatoms. The first-order valence-corrected chi connectivity index (χ1v) is 14.8. The predicted octanol–water partition coefficient (Wildman–Crippen LogP) is 6.46. The second kappa shape index (κ2) is 8.34. The number of carbonyl (C=O) groups is 1. The Bertz CT molecular complexity index is 2220. The number of aryl methyl sites for hydroxylation is 2.